The number of aromatic hydroxyl groups is 6. The van der Waals surface area contributed by atoms with Crippen molar-refractivity contribution in [2.75, 3.05) is 88.1 Å². The summed E-state index contributed by atoms with van der Waals surface area (Å²) in [5, 5.41) is 108. The highest BCUT2D eigenvalue weighted by Gasteiger charge is 2.30. The second-order valence-corrected chi connectivity index (χ2v) is 29.2. The zero-order chi connectivity index (χ0) is 93.8. The topological polar surface area (TPSA) is 564 Å². The largest absolute Gasteiger partial charge is 0.508 e. The third-order valence-electron chi connectivity index (χ3n) is 15.4. The molecule has 3 aliphatic heterocycles. The number of phenols is 6. The minimum absolute atomic E-state index is 0. The number of amides is 5. The summed E-state index contributed by atoms with van der Waals surface area (Å²) in [7, 11) is 0. The van der Waals surface area contributed by atoms with Gasteiger partial charge in [0.15, 0.2) is 17.9 Å². The number of anilines is 3. The molecule has 54 heteroatoms. The number of esters is 2. The van der Waals surface area contributed by atoms with Crippen LogP contribution in [-0.2, 0) is 47.8 Å². The van der Waals surface area contributed by atoms with E-state index < -0.39 is 134 Å². The van der Waals surface area contributed by atoms with Gasteiger partial charge >= 0.3 is 36.2 Å². The van der Waals surface area contributed by atoms with Crippen LogP contribution in [0, 0.1) is 0 Å². The van der Waals surface area contributed by atoms with Crippen LogP contribution in [0.4, 0.5) is 56.6 Å². The van der Waals surface area contributed by atoms with Crippen LogP contribution in [-0.4, -0.2) is 228 Å². The average molecular weight is 2140 g/mol. The molecule has 0 aromatic heterocycles. The molecule has 0 spiro atoms. The van der Waals surface area contributed by atoms with Crippen LogP contribution in [0.3, 0.4) is 0 Å². The summed E-state index contributed by atoms with van der Waals surface area (Å²) in [5.74, 6) is -7.03. The molecule has 5 amide bonds. The normalized spacial score (nSPS) is 14.6. The van der Waals surface area contributed by atoms with E-state index in [1.54, 1.807) is 13.8 Å². The highest BCUT2D eigenvalue weighted by molar-refractivity contribution is 9.11. The number of halogens is 18. The maximum atomic E-state index is 13.2. The molecule has 6 aromatic carbocycles. The number of hydrogen-bond acceptors (Lipinski definition) is 29. The standard InChI is InChI=1S/C24H26BrClFN5O6.C22H22BrClFN5O6.C13H16BrClN2O4.C11H12FN3O3.2C2HF3O.3ClH/c1-2-38-21(35)8-19(17-5-13(26)6-18(25)22(17)36)32-20(34)11-28-23(37)12-3-15(7-16(33)4-12)31-24-29-9-14(27)10-30-24;23-16-4-11(24)3-15(20(16)35)17(6-19(33)34)30-18(32)9-26-21(36)10-1-13(5-14(31)2-10)29-22-27-7-12(25)8-28-22;1-2-21-12(19)5-10(17-11(18)6-16)8-3-7(15)4-9(14)13(8)20;12-7-4-13-11(14-5-7)15-8-1-6(10(17)18)2-9(16)3-8;2*3-2(4,5)1-6;;;/h3-7,14,19,33,36H,2,8-11H2,1H3,(H,28,37)(H,32,34)(H2,29,30,31);1-5,12,17,31,35H,6-9H2,(H,26,36)(H,30,32)(H,33,34)(H2,27,28,29);3-4,10,20H,2,5-6,16H2,1H3,(H,17,18);1-3,7,16H,4-5H2,(H,17,18)(H2,13,14,15);2*1H;3*1H/t19-;17-;10-;;;;;;/m111....../s1. The number of benzene rings is 6. The molecule has 0 saturated heterocycles. The molecule has 0 fully saturated rings. The number of aromatic carboxylic acids is 1. The Hall–Kier alpha value is -11.0. The lowest BCUT2D eigenvalue weighted by Gasteiger charge is -2.21. The summed E-state index contributed by atoms with van der Waals surface area (Å²) in [4.78, 5) is 137. The first-order valence-corrected chi connectivity index (χ1v) is 39.2. The van der Waals surface area contributed by atoms with Gasteiger partial charge in [-0.2, -0.15) is 26.3 Å². The van der Waals surface area contributed by atoms with E-state index in [1.165, 1.54) is 84.9 Å². The van der Waals surface area contributed by atoms with E-state index >= 15 is 0 Å². The Morgan fingerprint density at radius 3 is 1.02 bits per heavy atom. The van der Waals surface area contributed by atoms with Crippen molar-refractivity contribution >= 4 is 221 Å². The highest BCUT2D eigenvalue weighted by Crippen LogP contribution is 2.40. The first kappa shape index (κ1) is 115. The average Bonchev–Trinajstić information content (AvgIpc) is 0.973. The molecule has 3 heterocycles. The molecule has 21 N–H and O–H groups in total. The number of ether oxygens (including phenoxy) is 2. The van der Waals surface area contributed by atoms with Gasteiger partial charge in [-0.05, 0) is 134 Å². The number of alkyl halides is 9. The van der Waals surface area contributed by atoms with Gasteiger partial charge in [0, 0.05) is 78.1 Å². The van der Waals surface area contributed by atoms with Crippen LogP contribution >= 0.6 is 120 Å². The third kappa shape index (κ3) is 42.7. The number of carbonyl (C=O) groups excluding carboxylic acids is 9. The van der Waals surface area contributed by atoms with E-state index in [9.17, 15) is 118 Å². The first-order valence-electron chi connectivity index (χ1n) is 35.7. The molecule has 3 aliphatic rings. The predicted octanol–water partition coefficient (Wildman–Crippen LogP) is 10.5. The van der Waals surface area contributed by atoms with E-state index in [1.807, 2.05) is 0 Å². The monoisotopic (exact) mass is 2130 g/mol. The lowest BCUT2D eigenvalue weighted by molar-refractivity contribution is -0.156. The molecule has 36 nitrogen and oxygen atoms in total. The molecule has 704 valence electrons. The lowest BCUT2D eigenvalue weighted by Crippen LogP contribution is -2.41. The smallest absolute Gasteiger partial charge is 0.446 e. The minimum Gasteiger partial charge on any atom is -0.508 e. The van der Waals surface area contributed by atoms with Gasteiger partial charge in [-0.3, -0.25) is 47.9 Å². The van der Waals surface area contributed by atoms with E-state index in [4.69, 9.17) is 64.7 Å². The van der Waals surface area contributed by atoms with Crippen molar-refractivity contribution in [2.24, 2.45) is 20.7 Å². The molecule has 6 aromatic rings. The summed E-state index contributed by atoms with van der Waals surface area (Å²) in [6.45, 7) is 2.73. The van der Waals surface area contributed by atoms with E-state index in [0.717, 1.165) is 6.07 Å². The molecule has 128 heavy (non-hydrogen) atoms. The first-order chi connectivity index (χ1) is 58.6. The van der Waals surface area contributed by atoms with Gasteiger partial charge in [0.05, 0.1) is 128 Å². The fourth-order valence-electron chi connectivity index (χ4n) is 10.1. The van der Waals surface area contributed by atoms with Gasteiger partial charge in [0.25, 0.3) is 11.8 Å². The fourth-order valence-corrected chi connectivity index (χ4v) is 12.6. The maximum absolute atomic E-state index is 13.2. The number of nitrogens with two attached hydrogens (primary N) is 1. The zero-order valence-electron chi connectivity index (χ0n) is 65.9. The van der Waals surface area contributed by atoms with Crippen molar-refractivity contribution in [3.05, 3.63) is 153 Å². The van der Waals surface area contributed by atoms with Crippen LogP contribution in [0.1, 0.15) is 99.0 Å². The number of aliphatic carboxylic acids is 1. The molecule has 0 saturated carbocycles. The zero-order valence-corrected chi connectivity index (χ0v) is 75.4. The number of aliphatic imine (C=N–C) groups is 3. The molecular weight excluding hydrogens is 2060 g/mol. The Bertz CT molecular complexity index is 4940. The lowest BCUT2D eigenvalue weighted by atomic mass is 10.0. The SMILES string of the molecule is CCOC(=O)C[C@@H](NC(=O)CN)c1cc(Cl)cc(Br)c1O.CCOC(=O)C[C@@H](NC(=O)CNC(=O)c1cc(O)cc(NC2=NCC(F)CN2)c1)c1cc(Cl)cc(Br)c1O.Cl.Cl.Cl.O=C(O)C[C@@H](NC(=O)CNC(=O)c1cc(O)cc(NC2=NCC(F)CN2)c1)c1cc(Cl)cc(Br)c1O.O=C(O)c1cc(O)cc(NC2=NCC(F)CN2)c1.O=CC(F)(F)F.O=CC(F)(F)F. The molecule has 6 atom stereocenters. The molecule has 9 rings (SSSR count). The fraction of sp³-hybridized carbons (Fsp3) is 0.324. The number of carboxylic acids is 2. The van der Waals surface area contributed by atoms with E-state index in [2.05, 4.69) is 121 Å². The number of nitrogens with zero attached hydrogens (tertiary/aromatic N) is 3. The van der Waals surface area contributed by atoms with Crippen molar-refractivity contribution < 1.29 is 143 Å². The van der Waals surface area contributed by atoms with Crippen LogP contribution in [0.15, 0.2) is 119 Å². The predicted molar refractivity (Wildman–Crippen MR) is 467 cm³/mol. The van der Waals surface area contributed by atoms with Gasteiger partial charge in [-0.15, -0.1) is 37.2 Å². The third-order valence-corrected chi connectivity index (χ3v) is 17.9. The summed E-state index contributed by atoms with van der Waals surface area (Å²) in [6, 6.07) is 17.4. The second-order valence-electron chi connectivity index (χ2n) is 25.3. The molecule has 3 unspecified atom stereocenters. The summed E-state index contributed by atoms with van der Waals surface area (Å²) in [6.07, 6.45) is -15.6. The number of carbonyl (C=O) groups is 11. The number of carboxylic acid groups (broad SMARTS) is 2. The number of rotatable bonds is 25. The van der Waals surface area contributed by atoms with Crippen molar-refractivity contribution in [1.29, 1.82) is 0 Å². The number of aldehydes is 2. The Balaban J connectivity index is 0.000000837. The molecular formula is C74H81Br3Cl6F9N15O21. The van der Waals surface area contributed by atoms with Crippen molar-refractivity contribution in [3.63, 3.8) is 0 Å². The summed E-state index contributed by atoms with van der Waals surface area (Å²) in [5.41, 5.74) is 6.84. The number of phenolic OH excluding ortho intramolecular Hbond substituents is 6. The molecule has 0 aliphatic carbocycles. The maximum Gasteiger partial charge on any atom is 0.446 e. The van der Waals surface area contributed by atoms with Crippen molar-refractivity contribution in [2.45, 2.75) is 82.1 Å². The van der Waals surface area contributed by atoms with Crippen LogP contribution in [0.25, 0.3) is 0 Å². The number of hydrogen-bond donors (Lipinski definition) is 20. The molecule has 0 bridgehead atoms. The Morgan fingerprint density at radius 2 is 0.758 bits per heavy atom. The second kappa shape index (κ2) is 56.4. The summed E-state index contributed by atoms with van der Waals surface area (Å²) < 4.78 is 112. The van der Waals surface area contributed by atoms with E-state index in [-0.39, 0.29) is 196 Å². The summed E-state index contributed by atoms with van der Waals surface area (Å²) >= 11 is 27.5. The van der Waals surface area contributed by atoms with Crippen molar-refractivity contribution in [1.82, 2.24) is 42.5 Å². The van der Waals surface area contributed by atoms with Crippen LogP contribution in [0.5, 0.6) is 34.5 Å². The number of guanidine groups is 3. The minimum atomic E-state index is -4.64. The van der Waals surface area contributed by atoms with E-state index in [0.29, 0.717) is 44.0 Å². The Morgan fingerprint density at radius 1 is 0.477 bits per heavy atom. The van der Waals surface area contributed by atoms with Crippen LogP contribution in [0.2, 0.25) is 15.1 Å². The van der Waals surface area contributed by atoms with Gasteiger partial charge in [0.2, 0.25) is 30.3 Å². The quantitative estimate of drug-likeness (QED) is 0.0144. The molecule has 0 radical (unpaired) electrons. The van der Waals surface area contributed by atoms with Gasteiger partial charge in [-0.1, -0.05) is 34.8 Å². The van der Waals surface area contributed by atoms with Gasteiger partial charge < -0.3 is 115 Å². The Kier molecular flexibility index (Phi) is 50.6. The Labute approximate surface area is 778 Å². The van der Waals surface area contributed by atoms with Gasteiger partial charge in [0.1, 0.15) is 53.0 Å². The van der Waals surface area contributed by atoms with Gasteiger partial charge in [-0.25, -0.2) is 32.9 Å². The number of nitrogens with one attached hydrogen (secondary N) is 11. The highest BCUT2D eigenvalue weighted by atomic mass is 79.9. The van der Waals surface area contributed by atoms with Crippen LogP contribution < -0.4 is 64.2 Å². The van der Waals surface area contributed by atoms with Crippen molar-refractivity contribution in [3.8, 4) is 34.5 Å².